The molecule has 8 nitrogen and oxygen atoms in total. The van der Waals surface area contributed by atoms with E-state index in [0.29, 0.717) is 17.4 Å². The average molecular weight is 337 g/mol. The summed E-state index contributed by atoms with van der Waals surface area (Å²) in [5, 5.41) is 6.97. The first-order valence-corrected chi connectivity index (χ1v) is 7.68. The molecule has 0 aromatic carbocycles. The molecular formula is C14H15N3O5S. The Kier molecular flexibility index (Phi) is 5.87. The third kappa shape index (κ3) is 5.22. The number of aromatic nitrogens is 1. The van der Waals surface area contributed by atoms with Gasteiger partial charge in [0.2, 0.25) is 5.91 Å². The molecule has 2 N–H and O–H groups in total. The lowest BCUT2D eigenvalue weighted by Gasteiger charge is -2.03. The van der Waals surface area contributed by atoms with Gasteiger partial charge in [0.05, 0.1) is 31.5 Å². The SMILES string of the molecule is CCOC(=O)Cc1csc(NC(=O)CNC(=O)c2ccco2)n1. The molecule has 0 spiro atoms. The van der Waals surface area contributed by atoms with Crippen LogP contribution in [0.15, 0.2) is 28.2 Å². The molecule has 0 aliphatic rings. The normalized spacial score (nSPS) is 10.1. The van der Waals surface area contributed by atoms with Crippen LogP contribution in [0.3, 0.4) is 0 Å². The molecule has 23 heavy (non-hydrogen) atoms. The van der Waals surface area contributed by atoms with Gasteiger partial charge in [-0.15, -0.1) is 11.3 Å². The molecule has 0 fully saturated rings. The maximum atomic E-state index is 11.7. The van der Waals surface area contributed by atoms with Gasteiger partial charge in [0, 0.05) is 5.38 Å². The number of thiazole rings is 1. The highest BCUT2D eigenvalue weighted by atomic mass is 32.1. The van der Waals surface area contributed by atoms with E-state index in [1.807, 2.05) is 0 Å². The molecule has 2 amide bonds. The summed E-state index contributed by atoms with van der Waals surface area (Å²) in [6.45, 7) is 1.82. The number of hydrogen-bond acceptors (Lipinski definition) is 7. The highest BCUT2D eigenvalue weighted by Crippen LogP contribution is 2.15. The smallest absolute Gasteiger partial charge is 0.311 e. The minimum Gasteiger partial charge on any atom is -0.466 e. The van der Waals surface area contributed by atoms with Gasteiger partial charge in [-0.1, -0.05) is 0 Å². The van der Waals surface area contributed by atoms with Crippen LogP contribution in [0.25, 0.3) is 0 Å². The zero-order valence-electron chi connectivity index (χ0n) is 12.3. The minimum atomic E-state index is -0.479. The zero-order chi connectivity index (χ0) is 16.7. The topological polar surface area (TPSA) is 111 Å². The lowest BCUT2D eigenvalue weighted by molar-refractivity contribution is -0.142. The molecule has 0 saturated carbocycles. The minimum absolute atomic E-state index is 0.0510. The van der Waals surface area contributed by atoms with Crippen LogP contribution in [0.2, 0.25) is 0 Å². The molecule has 0 bridgehead atoms. The van der Waals surface area contributed by atoms with Crippen molar-refractivity contribution in [3.8, 4) is 0 Å². The second-order valence-corrected chi connectivity index (χ2v) is 5.19. The fraction of sp³-hybridized carbons (Fsp3) is 0.286. The predicted octanol–water partition coefficient (Wildman–Crippen LogP) is 1.21. The summed E-state index contributed by atoms with van der Waals surface area (Å²) in [4.78, 5) is 38.8. The largest absolute Gasteiger partial charge is 0.466 e. The molecule has 0 aliphatic heterocycles. The Labute approximate surface area is 135 Å². The molecule has 0 aliphatic carbocycles. The van der Waals surface area contributed by atoms with E-state index in [1.54, 1.807) is 18.4 Å². The Morgan fingerprint density at radius 3 is 2.91 bits per heavy atom. The van der Waals surface area contributed by atoms with E-state index in [1.165, 1.54) is 23.7 Å². The number of anilines is 1. The third-order valence-corrected chi connectivity index (χ3v) is 3.39. The second-order valence-electron chi connectivity index (χ2n) is 4.33. The van der Waals surface area contributed by atoms with Crippen molar-refractivity contribution in [2.75, 3.05) is 18.5 Å². The van der Waals surface area contributed by atoms with Crippen LogP contribution >= 0.6 is 11.3 Å². The molecule has 2 rings (SSSR count). The Bertz CT molecular complexity index is 680. The molecule has 0 saturated heterocycles. The van der Waals surface area contributed by atoms with Crippen molar-refractivity contribution in [1.29, 1.82) is 0 Å². The van der Waals surface area contributed by atoms with E-state index in [4.69, 9.17) is 9.15 Å². The van der Waals surface area contributed by atoms with Crippen molar-refractivity contribution in [1.82, 2.24) is 10.3 Å². The first-order chi connectivity index (χ1) is 11.1. The molecule has 2 aromatic rings. The van der Waals surface area contributed by atoms with Crippen LogP contribution in [0.1, 0.15) is 23.2 Å². The first kappa shape index (κ1) is 16.7. The monoisotopic (exact) mass is 337 g/mol. The number of nitrogens with one attached hydrogen (secondary N) is 2. The van der Waals surface area contributed by atoms with Gasteiger partial charge in [0.1, 0.15) is 0 Å². The number of nitrogens with zero attached hydrogens (tertiary/aromatic N) is 1. The molecular weight excluding hydrogens is 322 g/mol. The Balaban J connectivity index is 1.78. The fourth-order valence-corrected chi connectivity index (χ4v) is 2.35. The number of carbonyl (C=O) groups excluding carboxylic acids is 3. The number of ether oxygens (including phenoxy) is 1. The van der Waals surface area contributed by atoms with E-state index in [9.17, 15) is 14.4 Å². The summed E-state index contributed by atoms with van der Waals surface area (Å²) >= 11 is 1.19. The second kappa shape index (κ2) is 8.08. The van der Waals surface area contributed by atoms with Crippen molar-refractivity contribution < 1.29 is 23.5 Å². The van der Waals surface area contributed by atoms with Gasteiger partial charge in [0.15, 0.2) is 10.9 Å². The van der Waals surface area contributed by atoms with Crippen molar-refractivity contribution in [3.63, 3.8) is 0 Å². The number of carbonyl (C=O) groups is 3. The van der Waals surface area contributed by atoms with E-state index < -0.39 is 11.8 Å². The van der Waals surface area contributed by atoms with Crippen molar-refractivity contribution in [3.05, 3.63) is 35.2 Å². The molecule has 9 heteroatoms. The fourth-order valence-electron chi connectivity index (χ4n) is 1.62. The summed E-state index contributed by atoms with van der Waals surface area (Å²) in [5.41, 5.74) is 0.517. The summed E-state index contributed by atoms with van der Waals surface area (Å²) in [6, 6.07) is 3.07. The maximum absolute atomic E-state index is 11.7. The molecule has 2 heterocycles. The van der Waals surface area contributed by atoms with Gasteiger partial charge in [-0.3, -0.25) is 14.4 Å². The van der Waals surface area contributed by atoms with Crippen molar-refractivity contribution >= 4 is 34.3 Å². The Morgan fingerprint density at radius 1 is 1.39 bits per heavy atom. The molecule has 2 aromatic heterocycles. The van der Waals surface area contributed by atoms with Crippen LogP contribution in [-0.2, 0) is 20.7 Å². The Hall–Kier alpha value is -2.68. The molecule has 0 atom stereocenters. The summed E-state index contributed by atoms with van der Waals surface area (Å²) in [6.07, 6.45) is 1.42. The molecule has 122 valence electrons. The predicted molar refractivity (Wildman–Crippen MR) is 82.1 cm³/mol. The third-order valence-electron chi connectivity index (χ3n) is 2.58. The summed E-state index contributed by atoms with van der Waals surface area (Å²) in [7, 11) is 0. The lowest BCUT2D eigenvalue weighted by atomic mass is 10.3. The first-order valence-electron chi connectivity index (χ1n) is 6.80. The van der Waals surface area contributed by atoms with Gasteiger partial charge < -0.3 is 19.8 Å². The maximum Gasteiger partial charge on any atom is 0.311 e. The number of hydrogen-bond donors (Lipinski definition) is 2. The van der Waals surface area contributed by atoms with E-state index in [-0.39, 0.29) is 24.7 Å². The average Bonchev–Trinajstić information content (AvgIpc) is 3.17. The number of esters is 1. The van der Waals surface area contributed by atoms with Crippen LogP contribution in [0.4, 0.5) is 5.13 Å². The van der Waals surface area contributed by atoms with Crippen LogP contribution in [0.5, 0.6) is 0 Å². The highest BCUT2D eigenvalue weighted by Gasteiger charge is 2.12. The van der Waals surface area contributed by atoms with Gasteiger partial charge >= 0.3 is 5.97 Å². The molecule has 0 radical (unpaired) electrons. The van der Waals surface area contributed by atoms with Gasteiger partial charge in [-0.2, -0.15) is 0 Å². The van der Waals surface area contributed by atoms with Crippen LogP contribution in [-0.4, -0.2) is 35.9 Å². The van der Waals surface area contributed by atoms with Gasteiger partial charge in [-0.25, -0.2) is 4.98 Å². The standard InChI is InChI=1S/C14H15N3O5S/c1-2-21-12(19)6-9-8-23-14(16-9)17-11(18)7-15-13(20)10-4-3-5-22-10/h3-5,8H,2,6-7H2,1H3,(H,15,20)(H,16,17,18). The van der Waals surface area contributed by atoms with Crippen molar-refractivity contribution in [2.24, 2.45) is 0 Å². The van der Waals surface area contributed by atoms with E-state index in [2.05, 4.69) is 15.6 Å². The van der Waals surface area contributed by atoms with Crippen molar-refractivity contribution in [2.45, 2.75) is 13.3 Å². The number of rotatable bonds is 7. The number of amides is 2. The van der Waals surface area contributed by atoms with Gasteiger partial charge in [0.25, 0.3) is 5.91 Å². The van der Waals surface area contributed by atoms with Crippen LogP contribution in [0, 0.1) is 0 Å². The van der Waals surface area contributed by atoms with E-state index >= 15 is 0 Å². The highest BCUT2D eigenvalue weighted by molar-refractivity contribution is 7.13. The lowest BCUT2D eigenvalue weighted by Crippen LogP contribution is -2.32. The zero-order valence-corrected chi connectivity index (χ0v) is 13.1. The number of furan rings is 1. The summed E-state index contributed by atoms with van der Waals surface area (Å²) in [5.74, 6) is -1.15. The summed E-state index contributed by atoms with van der Waals surface area (Å²) < 4.78 is 9.73. The van der Waals surface area contributed by atoms with E-state index in [0.717, 1.165) is 0 Å². The van der Waals surface area contributed by atoms with Crippen LogP contribution < -0.4 is 10.6 Å². The quantitative estimate of drug-likeness (QED) is 0.735. The molecule has 0 unspecified atom stereocenters. The van der Waals surface area contributed by atoms with Gasteiger partial charge in [-0.05, 0) is 19.1 Å². The Morgan fingerprint density at radius 2 is 2.22 bits per heavy atom.